The van der Waals surface area contributed by atoms with Crippen molar-refractivity contribution in [1.82, 2.24) is 19.9 Å². The van der Waals surface area contributed by atoms with Crippen LogP contribution in [-0.4, -0.2) is 49.5 Å². The summed E-state index contributed by atoms with van der Waals surface area (Å²) >= 11 is 0. The molecule has 0 N–H and O–H groups in total. The molecule has 7 heteroatoms. The maximum Gasteiger partial charge on any atom is 0.126 e. The third kappa shape index (κ3) is 4.37. The van der Waals surface area contributed by atoms with E-state index in [-0.39, 0.29) is 6.10 Å². The van der Waals surface area contributed by atoms with Gasteiger partial charge in [0.1, 0.15) is 23.2 Å². The van der Waals surface area contributed by atoms with Crippen LogP contribution < -0.4 is 4.74 Å². The van der Waals surface area contributed by atoms with Crippen LogP contribution in [0.2, 0.25) is 0 Å². The second-order valence-electron chi connectivity index (χ2n) is 6.54. The van der Waals surface area contributed by atoms with Gasteiger partial charge in [-0.05, 0) is 23.8 Å². The molecule has 0 spiro atoms. The Bertz CT molecular complexity index is 911. The quantitative estimate of drug-likeness (QED) is 0.655. The van der Waals surface area contributed by atoms with Gasteiger partial charge in [0.2, 0.25) is 0 Å². The molecule has 0 amide bonds. The van der Waals surface area contributed by atoms with Crippen molar-refractivity contribution >= 4 is 10.8 Å². The summed E-state index contributed by atoms with van der Waals surface area (Å²) in [4.78, 5) is 14.6. The van der Waals surface area contributed by atoms with E-state index in [1.165, 1.54) is 0 Å². The average Bonchev–Trinajstić information content (AvgIpc) is 2.68. The zero-order valence-electron chi connectivity index (χ0n) is 15.0. The number of hydrogen-bond acceptors (Lipinski definition) is 6. The summed E-state index contributed by atoms with van der Waals surface area (Å²) in [6.07, 6.45) is 8.83. The first-order chi connectivity index (χ1) is 13.2. The van der Waals surface area contributed by atoms with Gasteiger partial charge < -0.3 is 4.74 Å². The maximum absolute atomic E-state index is 11.4. The van der Waals surface area contributed by atoms with Crippen molar-refractivity contribution in [2.45, 2.75) is 17.7 Å². The summed E-state index contributed by atoms with van der Waals surface area (Å²) in [5, 5.41) is 0.593. The Morgan fingerprint density at radius 2 is 1.74 bits per heavy atom. The molecule has 6 nitrogen and oxygen atoms in total. The second kappa shape index (κ2) is 7.94. The van der Waals surface area contributed by atoms with Gasteiger partial charge in [-0.1, -0.05) is 18.2 Å². The summed E-state index contributed by atoms with van der Waals surface area (Å²) < 4.78 is 17.5. The van der Waals surface area contributed by atoms with Crippen LogP contribution in [0.3, 0.4) is 0 Å². The molecule has 0 saturated carbocycles. The third-order valence-electron chi connectivity index (χ3n) is 4.47. The first kappa shape index (κ1) is 17.8. The number of rotatable bonds is 6. The summed E-state index contributed by atoms with van der Waals surface area (Å²) in [6, 6.07) is 11.7. The van der Waals surface area contributed by atoms with Crippen molar-refractivity contribution < 1.29 is 8.95 Å². The minimum atomic E-state index is -1.06. The van der Waals surface area contributed by atoms with E-state index in [1.807, 2.05) is 42.7 Å². The minimum absolute atomic E-state index is 0.209. The van der Waals surface area contributed by atoms with Crippen molar-refractivity contribution in [3.05, 3.63) is 66.9 Å². The molecule has 3 heterocycles. The smallest absolute Gasteiger partial charge is 0.126 e. The van der Waals surface area contributed by atoms with E-state index in [4.69, 9.17) is 4.74 Å². The molecule has 0 radical (unpaired) electrons. The Labute approximate surface area is 160 Å². The number of ether oxygens (including phenoxy) is 1. The van der Waals surface area contributed by atoms with Crippen molar-refractivity contribution in [3.8, 4) is 16.9 Å². The molecule has 138 valence electrons. The van der Waals surface area contributed by atoms with Gasteiger partial charge in [0.15, 0.2) is 0 Å². The molecule has 1 atom stereocenters. The summed E-state index contributed by atoms with van der Waals surface area (Å²) in [5.74, 6) is 0.866. The highest BCUT2D eigenvalue weighted by atomic mass is 32.2. The number of hydrogen-bond donors (Lipinski definition) is 0. The Balaban J connectivity index is 1.30. The SMILES string of the molecule is CS(=O)c1ccc(-c2ccc(OC3CN(Cc4cncnc4)C3)cc2)cn1. The molecule has 3 aromatic rings. The van der Waals surface area contributed by atoms with Crippen LogP contribution in [0, 0.1) is 0 Å². The van der Waals surface area contributed by atoms with E-state index >= 15 is 0 Å². The topological polar surface area (TPSA) is 68.2 Å². The largest absolute Gasteiger partial charge is 0.488 e. The predicted molar refractivity (Wildman–Crippen MR) is 104 cm³/mol. The van der Waals surface area contributed by atoms with E-state index < -0.39 is 10.8 Å². The van der Waals surface area contributed by atoms with Gasteiger partial charge in [0.05, 0.1) is 10.8 Å². The average molecular weight is 380 g/mol. The van der Waals surface area contributed by atoms with Crippen molar-refractivity contribution in [1.29, 1.82) is 0 Å². The minimum Gasteiger partial charge on any atom is -0.488 e. The molecule has 0 aliphatic carbocycles. The van der Waals surface area contributed by atoms with Gasteiger partial charge in [-0.15, -0.1) is 0 Å². The highest BCUT2D eigenvalue weighted by molar-refractivity contribution is 7.84. The second-order valence-corrected chi connectivity index (χ2v) is 7.87. The Kier molecular flexibility index (Phi) is 5.22. The van der Waals surface area contributed by atoms with Gasteiger partial charge in [-0.2, -0.15) is 0 Å². The first-order valence-corrected chi connectivity index (χ1v) is 10.3. The zero-order chi connectivity index (χ0) is 18.6. The highest BCUT2D eigenvalue weighted by Crippen LogP contribution is 2.24. The molecule has 27 heavy (non-hydrogen) atoms. The third-order valence-corrected chi connectivity index (χ3v) is 5.30. The normalized spacial score (nSPS) is 15.9. The maximum atomic E-state index is 11.4. The van der Waals surface area contributed by atoms with Crippen LogP contribution in [0.4, 0.5) is 0 Å². The van der Waals surface area contributed by atoms with Gasteiger partial charge in [-0.25, -0.2) is 15.0 Å². The van der Waals surface area contributed by atoms with Crippen molar-refractivity contribution in [3.63, 3.8) is 0 Å². The standard InChI is InChI=1S/C20H20N4O2S/c1-27(25)20-7-4-17(10-23-20)16-2-5-18(6-3-16)26-19-12-24(13-19)11-15-8-21-14-22-9-15/h2-10,14,19H,11-13H2,1H3. The van der Waals surface area contributed by atoms with Crippen molar-refractivity contribution in [2.75, 3.05) is 19.3 Å². The fraction of sp³-hybridized carbons (Fsp3) is 0.250. The fourth-order valence-corrected chi connectivity index (χ4v) is 3.50. The van der Waals surface area contributed by atoms with E-state index in [2.05, 4.69) is 19.9 Å². The van der Waals surface area contributed by atoms with Gasteiger partial charge in [-0.3, -0.25) is 9.11 Å². The molecule has 1 fully saturated rings. The highest BCUT2D eigenvalue weighted by Gasteiger charge is 2.28. The van der Waals surface area contributed by atoms with Crippen LogP contribution in [0.5, 0.6) is 5.75 Å². The lowest BCUT2D eigenvalue weighted by molar-refractivity contribution is 0.0144. The summed E-state index contributed by atoms with van der Waals surface area (Å²) in [7, 11) is -1.06. The van der Waals surface area contributed by atoms with Crippen LogP contribution in [-0.2, 0) is 17.3 Å². The summed E-state index contributed by atoms with van der Waals surface area (Å²) in [6.45, 7) is 2.65. The van der Waals surface area contributed by atoms with E-state index in [9.17, 15) is 4.21 Å². The molecular formula is C20H20N4O2S. The molecule has 1 unspecified atom stereocenters. The zero-order valence-corrected chi connectivity index (χ0v) is 15.8. The van der Waals surface area contributed by atoms with Gasteiger partial charge >= 0.3 is 0 Å². The van der Waals surface area contributed by atoms with Crippen molar-refractivity contribution in [2.24, 2.45) is 0 Å². The van der Waals surface area contributed by atoms with Crippen LogP contribution in [0.15, 0.2) is 66.3 Å². The number of aromatic nitrogens is 3. The number of benzene rings is 1. The fourth-order valence-electron chi connectivity index (χ4n) is 3.04. The molecule has 1 saturated heterocycles. The van der Waals surface area contributed by atoms with Crippen LogP contribution in [0.25, 0.3) is 11.1 Å². The lowest BCUT2D eigenvalue weighted by Crippen LogP contribution is -2.53. The molecule has 1 aliphatic heterocycles. The number of nitrogens with zero attached hydrogens (tertiary/aromatic N) is 4. The molecule has 1 aromatic carbocycles. The monoisotopic (exact) mass is 380 g/mol. The van der Waals surface area contributed by atoms with Crippen LogP contribution in [0.1, 0.15) is 5.56 Å². The molecular weight excluding hydrogens is 360 g/mol. The molecule has 2 aromatic heterocycles. The number of likely N-dealkylation sites (tertiary alicyclic amines) is 1. The van der Waals surface area contributed by atoms with E-state index in [1.54, 1.807) is 24.8 Å². The van der Waals surface area contributed by atoms with Gasteiger partial charge in [0, 0.05) is 55.6 Å². The van der Waals surface area contributed by atoms with Gasteiger partial charge in [0.25, 0.3) is 0 Å². The lowest BCUT2D eigenvalue weighted by Gasteiger charge is -2.38. The molecule has 0 bridgehead atoms. The predicted octanol–water partition coefficient (Wildman–Crippen LogP) is 2.54. The van der Waals surface area contributed by atoms with Crippen LogP contribution >= 0.6 is 0 Å². The van der Waals surface area contributed by atoms with E-state index in [0.717, 1.165) is 42.1 Å². The number of pyridine rings is 1. The molecule has 1 aliphatic rings. The summed E-state index contributed by atoms with van der Waals surface area (Å²) in [5.41, 5.74) is 3.17. The Morgan fingerprint density at radius 1 is 1.04 bits per heavy atom. The Morgan fingerprint density at radius 3 is 2.37 bits per heavy atom. The van der Waals surface area contributed by atoms with E-state index in [0.29, 0.717) is 5.03 Å². The molecule has 4 rings (SSSR count). The first-order valence-electron chi connectivity index (χ1n) is 8.70. The Hall–Kier alpha value is -2.64. The lowest BCUT2D eigenvalue weighted by atomic mass is 10.1.